The largest absolute Gasteiger partial charge is 0.385 e. The van der Waals surface area contributed by atoms with Gasteiger partial charge in [0.05, 0.1) is 5.38 Å². The zero-order chi connectivity index (χ0) is 11.1. The predicted octanol–water partition coefficient (Wildman–Crippen LogP) is 1.79. The SMILES string of the molecule is COCCCCCn1nnnc1C(C)Cl. The molecule has 0 radical (unpaired) electrons. The van der Waals surface area contributed by atoms with Crippen molar-refractivity contribution < 1.29 is 4.74 Å². The summed E-state index contributed by atoms with van der Waals surface area (Å²) < 4.78 is 6.74. The molecule has 1 unspecified atom stereocenters. The molecule has 6 heteroatoms. The molecule has 0 aromatic carbocycles. The number of unbranched alkanes of at least 4 members (excludes halogenated alkanes) is 2. The van der Waals surface area contributed by atoms with E-state index in [0.29, 0.717) is 0 Å². The molecule has 0 fully saturated rings. The lowest BCUT2D eigenvalue weighted by Gasteiger charge is -2.05. The van der Waals surface area contributed by atoms with Crippen molar-refractivity contribution in [1.29, 1.82) is 0 Å². The number of hydrogen-bond donors (Lipinski definition) is 0. The van der Waals surface area contributed by atoms with Crippen LogP contribution in [0.1, 0.15) is 37.4 Å². The van der Waals surface area contributed by atoms with Gasteiger partial charge >= 0.3 is 0 Å². The minimum absolute atomic E-state index is 0.140. The molecular formula is C9H17ClN4O. The topological polar surface area (TPSA) is 52.8 Å². The van der Waals surface area contributed by atoms with Crippen LogP contribution in [-0.2, 0) is 11.3 Å². The fraction of sp³-hybridized carbons (Fsp3) is 0.889. The second-order valence-electron chi connectivity index (χ2n) is 3.43. The highest BCUT2D eigenvalue weighted by molar-refractivity contribution is 6.20. The van der Waals surface area contributed by atoms with Crippen LogP contribution < -0.4 is 0 Å². The summed E-state index contributed by atoms with van der Waals surface area (Å²) in [5, 5.41) is 11.2. The highest BCUT2D eigenvalue weighted by Crippen LogP contribution is 2.15. The van der Waals surface area contributed by atoms with Crippen LogP contribution in [0.5, 0.6) is 0 Å². The van der Waals surface area contributed by atoms with Crippen molar-refractivity contribution in [2.75, 3.05) is 13.7 Å². The molecule has 0 aliphatic carbocycles. The summed E-state index contributed by atoms with van der Waals surface area (Å²) in [5.41, 5.74) is 0. The molecule has 5 nitrogen and oxygen atoms in total. The van der Waals surface area contributed by atoms with Crippen molar-refractivity contribution >= 4 is 11.6 Å². The Morgan fingerprint density at radius 2 is 2.20 bits per heavy atom. The molecule has 0 N–H and O–H groups in total. The molecule has 15 heavy (non-hydrogen) atoms. The average molecular weight is 233 g/mol. The van der Waals surface area contributed by atoms with Crippen molar-refractivity contribution in [3.05, 3.63) is 5.82 Å². The van der Waals surface area contributed by atoms with Gasteiger partial charge in [-0.15, -0.1) is 16.7 Å². The molecule has 0 bridgehead atoms. The maximum atomic E-state index is 5.93. The minimum atomic E-state index is -0.140. The number of aryl methyl sites for hydroxylation is 1. The standard InChI is InChI=1S/C9H17ClN4O/c1-8(10)9-11-12-13-14(9)6-4-3-5-7-15-2/h8H,3-7H2,1-2H3. The van der Waals surface area contributed by atoms with Gasteiger partial charge in [0.1, 0.15) is 0 Å². The van der Waals surface area contributed by atoms with Gasteiger partial charge in [0.25, 0.3) is 0 Å². The van der Waals surface area contributed by atoms with Gasteiger partial charge < -0.3 is 4.74 Å². The Hall–Kier alpha value is -0.680. The van der Waals surface area contributed by atoms with Crippen LogP contribution in [-0.4, -0.2) is 33.9 Å². The summed E-state index contributed by atoms with van der Waals surface area (Å²) in [6.45, 7) is 3.51. The highest BCUT2D eigenvalue weighted by Gasteiger charge is 2.10. The van der Waals surface area contributed by atoms with E-state index < -0.39 is 0 Å². The molecule has 86 valence electrons. The van der Waals surface area contributed by atoms with Crippen molar-refractivity contribution in [2.45, 2.75) is 38.1 Å². The summed E-state index contributed by atoms with van der Waals surface area (Å²) in [6, 6.07) is 0. The third-order valence-electron chi connectivity index (χ3n) is 2.13. The van der Waals surface area contributed by atoms with E-state index in [4.69, 9.17) is 16.3 Å². The number of nitrogens with zero attached hydrogens (tertiary/aromatic N) is 4. The zero-order valence-corrected chi connectivity index (χ0v) is 9.94. The van der Waals surface area contributed by atoms with Crippen LogP contribution in [0.2, 0.25) is 0 Å². The second kappa shape index (κ2) is 6.74. The maximum Gasteiger partial charge on any atom is 0.168 e. The molecule has 1 rings (SSSR count). The number of aromatic nitrogens is 4. The summed E-state index contributed by atoms with van der Waals surface area (Å²) in [4.78, 5) is 0. The van der Waals surface area contributed by atoms with Gasteiger partial charge in [-0.05, 0) is 36.6 Å². The molecule has 1 aromatic rings. The maximum absolute atomic E-state index is 5.93. The zero-order valence-electron chi connectivity index (χ0n) is 9.19. The van der Waals surface area contributed by atoms with Crippen LogP contribution in [0.15, 0.2) is 0 Å². The molecule has 0 amide bonds. The first-order valence-electron chi connectivity index (χ1n) is 5.14. The molecule has 0 aliphatic rings. The van der Waals surface area contributed by atoms with E-state index in [1.54, 1.807) is 11.8 Å². The molecular weight excluding hydrogens is 216 g/mol. The number of hydrogen-bond acceptors (Lipinski definition) is 4. The quantitative estimate of drug-likeness (QED) is 0.531. The van der Waals surface area contributed by atoms with Gasteiger partial charge in [-0.3, -0.25) is 0 Å². The molecule has 1 atom stereocenters. The number of halogens is 1. The second-order valence-corrected chi connectivity index (χ2v) is 4.08. The molecule has 0 saturated carbocycles. The highest BCUT2D eigenvalue weighted by atomic mass is 35.5. The van der Waals surface area contributed by atoms with E-state index in [-0.39, 0.29) is 5.38 Å². The van der Waals surface area contributed by atoms with Crippen LogP contribution in [0, 0.1) is 0 Å². The van der Waals surface area contributed by atoms with E-state index >= 15 is 0 Å². The van der Waals surface area contributed by atoms with Crippen molar-refractivity contribution in [3.63, 3.8) is 0 Å². The Morgan fingerprint density at radius 1 is 1.40 bits per heavy atom. The fourth-order valence-corrected chi connectivity index (χ4v) is 1.50. The monoisotopic (exact) mass is 232 g/mol. The van der Waals surface area contributed by atoms with E-state index in [1.165, 1.54) is 0 Å². The normalized spacial score (nSPS) is 13.0. The Kier molecular flexibility index (Phi) is 5.57. The number of tetrazole rings is 1. The van der Waals surface area contributed by atoms with Crippen LogP contribution in [0.25, 0.3) is 0 Å². The van der Waals surface area contributed by atoms with Crippen molar-refractivity contribution in [2.24, 2.45) is 0 Å². The Morgan fingerprint density at radius 3 is 2.87 bits per heavy atom. The number of methoxy groups -OCH3 is 1. The van der Waals surface area contributed by atoms with Gasteiger partial charge in [-0.25, -0.2) is 4.68 Å². The third-order valence-corrected chi connectivity index (χ3v) is 2.33. The van der Waals surface area contributed by atoms with Crippen LogP contribution in [0.4, 0.5) is 0 Å². The minimum Gasteiger partial charge on any atom is -0.385 e. The van der Waals surface area contributed by atoms with E-state index in [0.717, 1.165) is 38.2 Å². The first-order chi connectivity index (χ1) is 7.25. The first kappa shape index (κ1) is 12.4. The molecule has 0 aliphatic heterocycles. The fourth-order valence-electron chi connectivity index (χ4n) is 1.34. The summed E-state index contributed by atoms with van der Waals surface area (Å²) in [7, 11) is 1.72. The van der Waals surface area contributed by atoms with Gasteiger partial charge in [0, 0.05) is 20.3 Å². The van der Waals surface area contributed by atoms with E-state index in [9.17, 15) is 0 Å². The van der Waals surface area contributed by atoms with Crippen molar-refractivity contribution in [3.8, 4) is 0 Å². The Balaban J connectivity index is 2.28. The average Bonchev–Trinajstić information content (AvgIpc) is 2.66. The lowest BCUT2D eigenvalue weighted by Crippen LogP contribution is -2.06. The molecule has 0 spiro atoms. The molecule has 1 heterocycles. The van der Waals surface area contributed by atoms with E-state index in [1.807, 2.05) is 6.92 Å². The van der Waals surface area contributed by atoms with Crippen molar-refractivity contribution in [1.82, 2.24) is 20.2 Å². The van der Waals surface area contributed by atoms with Gasteiger partial charge in [-0.1, -0.05) is 0 Å². The van der Waals surface area contributed by atoms with Gasteiger partial charge in [0.2, 0.25) is 0 Å². The first-order valence-corrected chi connectivity index (χ1v) is 5.58. The predicted molar refractivity (Wildman–Crippen MR) is 57.8 cm³/mol. The number of alkyl halides is 1. The smallest absolute Gasteiger partial charge is 0.168 e. The number of ether oxygens (including phenoxy) is 1. The Labute approximate surface area is 94.8 Å². The Bertz CT molecular complexity index is 277. The molecule has 0 saturated heterocycles. The summed E-state index contributed by atoms with van der Waals surface area (Å²) in [5.74, 6) is 0.739. The summed E-state index contributed by atoms with van der Waals surface area (Å²) >= 11 is 5.93. The third kappa shape index (κ3) is 4.13. The van der Waals surface area contributed by atoms with Gasteiger partial charge in [0.15, 0.2) is 5.82 Å². The number of rotatable bonds is 7. The van der Waals surface area contributed by atoms with E-state index in [2.05, 4.69) is 15.5 Å². The van der Waals surface area contributed by atoms with Gasteiger partial charge in [-0.2, -0.15) is 0 Å². The lowest BCUT2D eigenvalue weighted by molar-refractivity contribution is 0.191. The summed E-state index contributed by atoms with van der Waals surface area (Å²) in [6.07, 6.45) is 3.24. The lowest BCUT2D eigenvalue weighted by atomic mass is 10.2. The van der Waals surface area contributed by atoms with Crippen LogP contribution in [0.3, 0.4) is 0 Å². The van der Waals surface area contributed by atoms with Crippen LogP contribution >= 0.6 is 11.6 Å². The molecule has 1 aromatic heterocycles.